The first-order valence-corrected chi connectivity index (χ1v) is 25.9. The molecule has 0 saturated heterocycles. The molecule has 0 amide bonds. The van der Waals surface area contributed by atoms with Crippen molar-refractivity contribution in [2.24, 2.45) is 0 Å². The third-order valence-corrected chi connectivity index (χ3v) is 15.5. The van der Waals surface area contributed by atoms with Crippen LogP contribution in [0, 0.1) is 0 Å². The number of fused-ring (bicyclic) bond motifs is 10. The van der Waals surface area contributed by atoms with Crippen molar-refractivity contribution in [3.63, 3.8) is 0 Å². The topological polar surface area (TPSA) is 6.48 Å². The molecule has 2 aliphatic carbocycles. The zero-order valence-corrected chi connectivity index (χ0v) is 41.3. The van der Waals surface area contributed by atoms with E-state index < -0.39 is 5.41 Å². The molecule has 352 valence electrons. The summed E-state index contributed by atoms with van der Waals surface area (Å²) in [6.07, 6.45) is 0. The van der Waals surface area contributed by atoms with Gasteiger partial charge in [0.1, 0.15) is 0 Å². The second-order valence-electron chi connectivity index (χ2n) is 19.6. The van der Waals surface area contributed by atoms with Crippen molar-refractivity contribution in [1.29, 1.82) is 0 Å². The molecule has 12 aromatic rings. The van der Waals surface area contributed by atoms with Gasteiger partial charge in [-0.2, -0.15) is 0 Å². The van der Waals surface area contributed by atoms with Crippen LogP contribution in [0.1, 0.15) is 22.3 Å². The van der Waals surface area contributed by atoms with Crippen LogP contribution in [0.3, 0.4) is 0 Å². The summed E-state index contributed by atoms with van der Waals surface area (Å²) in [5, 5.41) is 0. The van der Waals surface area contributed by atoms with E-state index in [-0.39, 0.29) is 0 Å². The molecule has 0 fully saturated rings. The SMILES string of the molecule is c1ccc(-c2ccc(N(c3ccc(-c4ccccc4)cc3)c3ccc4c(c3)C3(c5ccccc5-c5ccccc53)c3c-4cccc3N(c3ccc(-c4ccccc4)cc3)c3ccc(-c4ccccc4)cc3)cc2)cc1. The zero-order chi connectivity index (χ0) is 49.7. The molecule has 2 heteroatoms. The number of rotatable bonds is 10. The second-order valence-corrected chi connectivity index (χ2v) is 19.6. The van der Waals surface area contributed by atoms with E-state index >= 15 is 0 Å². The molecule has 2 nitrogen and oxygen atoms in total. The van der Waals surface area contributed by atoms with Crippen LogP contribution in [0.5, 0.6) is 0 Å². The molecule has 0 bridgehead atoms. The third kappa shape index (κ3) is 7.41. The number of anilines is 6. The monoisotopic (exact) mass is 954 g/mol. The van der Waals surface area contributed by atoms with Crippen molar-refractivity contribution in [1.82, 2.24) is 0 Å². The molecule has 0 aromatic heterocycles. The van der Waals surface area contributed by atoms with Crippen LogP contribution in [-0.4, -0.2) is 0 Å². The summed E-state index contributed by atoms with van der Waals surface area (Å²) in [5.41, 5.74) is 25.6. The van der Waals surface area contributed by atoms with Crippen LogP contribution < -0.4 is 9.80 Å². The minimum atomic E-state index is -0.670. The highest BCUT2D eigenvalue weighted by Gasteiger charge is 2.53. The molecule has 0 heterocycles. The van der Waals surface area contributed by atoms with Crippen LogP contribution in [0.15, 0.2) is 303 Å². The number of hydrogen-bond acceptors (Lipinski definition) is 2. The molecule has 1 spiro atoms. The molecular weight excluding hydrogens is 905 g/mol. The minimum absolute atomic E-state index is 0.670. The summed E-state index contributed by atoms with van der Waals surface area (Å²) >= 11 is 0. The lowest BCUT2D eigenvalue weighted by atomic mass is 9.69. The van der Waals surface area contributed by atoms with E-state index in [1.54, 1.807) is 0 Å². The van der Waals surface area contributed by atoms with Crippen molar-refractivity contribution in [3.05, 3.63) is 326 Å². The third-order valence-electron chi connectivity index (χ3n) is 15.5. The average molecular weight is 955 g/mol. The van der Waals surface area contributed by atoms with Gasteiger partial charge in [0, 0.05) is 34.0 Å². The summed E-state index contributed by atoms with van der Waals surface area (Å²) in [5.74, 6) is 0. The highest BCUT2D eigenvalue weighted by atomic mass is 15.2. The summed E-state index contributed by atoms with van der Waals surface area (Å²) < 4.78 is 0. The fourth-order valence-corrected chi connectivity index (χ4v) is 12.1. The van der Waals surface area contributed by atoms with Gasteiger partial charge < -0.3 is 9.80 Å². The Balaban J connectivity index is 0.992. The Kier molecular flexibility index (Phi) is 10.8. The highest BCUT2D eigenvalue weighted by Crippen LogP contribution is 2.66. The Hall–Kier alpha value is -9.76. The first-order valence-electron chi connectivity index (χ1n) is 25.9. The van der Waals surface area contributed by atoms with Gasteiger partial charge in [-0.1, -0.05) is 237 Å². The lowest BCUT2D eigenvalue weighted by Gasteiger charge is -2.36. The van der Waals surface area contributed by atoms with Crippen molar-refractivity contribution in [3.8, 4) is 66.8 Å². The molecule has 0 aliphatic heterocycles. The van der Waals surface area contributed by atoms with E-state index in [0.717, 1.165) is 34.1 Å². The van der Waals surface area contributed by atoms with E-state index in [1.807, 2.05) is 0 Å². The Morgan fingerprint density at radius 1 is 0.200 bits per heavy atom. The van der Waals surface area contributed by atoms with Gasteiger partial charge in [0.15, 0.2) is 0 Å². The van der Waals surface area contributed by atoms with Gasteiger partial charge in [-0.15, -0.1) is 0 Å². The minimum Gasteiger partial charge on any atom is -0.310 e. The summed E-state index contributed by atoms with van der Waals surface area (Å²) in [6.45, 7) is 0. The van der Waals surface area contributed by atoms with E-state index in [4.69, 9.17) is 0 Å². The second kappa shape index (κ2) is 18.4. The molecule has 0 N–H and O–H groups in total. The molecule has 0 unspecified atom stereocenters. The van der Waals surface area contributed by atoms with E-state index in [9.17, 15) is 0 Å². The van der Waals surface area contributed by atoms with Crippen LogP contribution in [0.25, 0.3) is 66.8 Å². The van der Waals surface area contributed by atoms with Crippen LogP contribution in [0.2, 0.25) is 0 Å². The summed E-state index contributed by atoms with van der Waals surface area (Å²) in [6, 6.07) is 111. The van der Waals surface area contributed by atoms with Crippen molar-refractivity contribution in [2.75, 3.05) is 9.80 Å². The van der Waals surface area contributed by atoms with Gasteiger partial charge >= 0.3 is 0 Å². The summed E-state index contributed by atoms with van der Waals surface area (Å²) in [4.78, 5) is 4.93. The smallest absolute Gasteiger partial charge is 0.0746 e. The highest BCUT2D eigenvalue weighted by molar-refractivity contribution is 6.01. The molecule has 0 atom stereocenters. The van der Waals surface area contributed by atoms with Gasteiger partial charge in [-0.25, -0.2) is 0 Å². The quantitative estimate of drug-likeness (QED) is 0.135. The maximum absolute atomic E-state index is 2.50. The molecule has 14 rings (SSSR count). The Labute approximate surface area is 439 Å². The molecule has 75 heavy (non-hydrogen) atoms. The van der Waals surface area contributed by atoms with Crippen molar-refractivity contribution < 1.29 is 0 Å². The maximum atomic E-state index is 2.50. The first kappa shape index (κ1) is 44.0. The standard InChI is InChI=1S/C73H50N2/c1-5-18-51(19-6-1)55-32-40-59(41-33-55)74(60-42-34-56(35-43-60)52-20-7-2-8-21-52)63-48-49-66-67-28-17-31-71(72(67)73(70(66)50-63)68-29-15-13-26-64(68)65-27-14-16-30-69(65)73)75(61-44-36-57(37-45-61)53-22-9-3-10-23-53)62-46-38-58(39-47-62)54-24-11-4-12-25-54/h1-50H. The maximum Gasteiger partial charge on any atom is 0.0746 e. The Morgan fingerprint density at radius 3 is 0.907 bits per heavy atom. The molecule has 2 aliphatic rings. The number of benzene rings is 12. The van der Waals surface area contributed by atoms with Gasteiger partial charge in [0.2, 0.25) is 0 Å². The zero-order valence-electron chi connectivity index (χ0n) is 41.3. The lowest BCUT2D eigenvalue weighted by Crippen LogP contribution is -2.28. The molecule has 0 radical (unpaired) electrons. The largest absolute Gasteiger partial charge is 0.310 e. The molecule has 0 saturated carbocycles. The normalized spacial score (nSPS) is 12.4. The Morgan fingerprint density at radius 2 is 0.507 bits per heavy atom. The van der Waals surface area contributed by atoms with E-state index in [2.05, 4.69) is 313 Å². The Bertz CT molecular complexity index is 3790. The predicted octanol–water partition coefficient (Wildman–Crippen LogP) is 19.6. The van der Waals surface area contributed by atoms with Gasteiger partial charge in [-0.05, 0) is 150 Å². The van der Waals surface area contributed by atoms with Gasteiger partial charge in [0.25, 0.3) is 0 Å². The summed E-state index contributed by atoms with van der Waals surface area (Å²) in [7, 11) is 0. The van der Waals surface area contributed by atoms with Crippen LogP contribution in [-0.2, 0) is 5.41 Å². The fraction of sp³-hybridized carbons (Fsp3) is 0.0137. The van der Waals surface area contributed by atoms with Crippen LogP contribution >= 0.6 is 0 Å². The first-order chi connectivity index (χ1) is 37.2. The van der Waals surface area contributed by atoms with Crippen LogP contribution in [0.4, 0.5) is 34.1 Å². The fourth-order valence-electron chi connectivity index (χ4n) is 12.1. The van der Waals surface area contributed by atoms with E-state index in [0.29, 0.717) is 0 Å². The molecule has 12 aromatic carbocycles. The van der Waals surface area contributed by atoms with Crippen molar-refractivity contribution in [2.45, 2.75) is 5.41 Å². The molecular formula is C73H50N2. The predicted molar refractivity (Wildman–Crippen MR) is 314 cm³/mol. The average Bonchev–Trinajstić information content (AvgIpc) is 4.15. The number of hydrogen-bond donors (Lipinski definition) is 0. The van der Waals surface area contributed by atoms with Gasteiger partial charge in [0.05, 0.1) is 11.1 Å². The lowest BCUT2D eigenvalue weighted by molar-refractivity contribution is 0.793. The van der Waals surface area contributed by atoms with Gasteiger partial charge in [-0.3, -0.25) is 0 Å². The number of nitrogens with zero attached hydrogens (tertiary/aromatic N) is 2. The van der Waals surface area contributed by atoms with Crippen molar-refractivity contribution >= 4 is 34.1 Å². The van der Waals surface area contributed by atoms with E-state index in [1.165, 1.54) is 89.0 Å².